The lowest BCUT2D eigenvalue weighted by molar-refractivity contribution is 0.207. The van der Waals surface area contributed by atoms with E-state index < -0.39 is 6.10 Å². The second kappa shape index (κ2) is 7.14. The highest BCUT2D eigenvalue weighted by molar-refractivity contribution is 5.26. The predicted molar refractivity (Wildman–Crippen MR) is 92.6 cm³/mol. The van der Waals surface area contributed by atoms with Crippen molar-refractivity contribution in [1.29, 1.82) is 0 Å². The Morgan fingerprint density at radius 1 is 1.18 bits per heavy atom. The number of hydrogen-bond acceptors (Lipinski definition) is 2. The van der Waals surface area contributed by atoms with Crippen LogP contribution in [-0.2, 0) is 0 Å². The summed E-state index contributed by atoms with van der Waals surface area (Å²) in [6.07, 6.45) is 9.82. The van der Waals surface area contributed by atoms with Crippen molar-refractivity contribution in [2.45, 2.75) is 72.3 Å². The molecule has 0 saturated carbocycles. The van der Waals surface area contributed by atoms with E-state index >= 15 is 0 Å². The first-order chi connectivity index (χ1) is 10.3. The molecule has 0 radical (unpaired) electrons. The summed E-state index contributed by atoms with van der Waals surface area (Å²) in [5.74, 6) is 0.633. The van der Waals surface area contributed by atoms with E-state index in [2.05, 4.69) is 33.8 Å². The Morgan fingerprint density at radius 3 is 2.59 bits per heavy atom. The number of aliphatic hydroxyl groups is 2. The molecule has 0 fully saturated rings. The molecule has 2 bridgehead atoms. The summed E-state index contributed by atoms with van der Waals surface area (Å²) in [7, 11) is 0. The van der Waals surface area contributed by atoms with Crippen molar-refractivity contribution in [2.75, 3.05) is 6.61 Å². The van der Waals surface area contributed by atoms with Gasteiger partial charge in [0.15, 0.2) is 0 Å². The van der Waals surface area contributed by atoms with E-state index in [1.54, 1.807) is 11.1 Å². The van der Waals surface area contributed by atoms with Gasteiger partial charge in [0.1, 0.15) is 0 Å². The van der Waals surface area contributed by atoms with Crippen molar-refractivity contribution < 1.29 is 10.2 Å². The molecule has 0 aromatic rings. The molecule has 2 N–H and O–H groups in total. The maximum atomic E-state index is 10.2. The zero-order valence-electron chi connectivity index (χ0n) is 14.7. The molecule has 2 unspecified atom stereocenters. The molecule has 2 aliphatic rings. The molecule has 2 aliphatic carbocycles. The minimum Gasteiger partial charge on any atom is -0.392 e. The van der Waals surface area contributed by atoms with Crippen LogP contribution in [0.1, 0.15) is 66.2 Å². The average Bonchev–Trinajstić information content (AvgIpc) is 2.43. The second-order valence-corrected chi connectivity index (χ2v) is 7.76. The van der Waals surface area contributed by atoms with Gasteiger partial charge in [-0.25, -0.2) is 0 Å². The molecule has 2 nitrogen and oxygen atoms in total. The van der Waals surface area contributed by atoms with Crippen molar-refractivity contribution in [3.63, 3.8) is 0 Å². The smallest absolute Gasteiger partial charge is 0.0761 e. The lowest BCUT2D eigenvalue weighted by Gasteiger charge is -2.42. The number of fused-ring (bicyclic) bond motifs is 2. The van der Waals surface area contributed by atoms with Crippen LogP contribution >= 0.6 is 0 Å². The molecule has 2 atom stereocenters. The van der Waals surface area contributed by atoms with Crippen molar-refractivity contribution in [3.05, 3.63) is 34.4 Å². The minimum absolute atomic E-state index is 0.0544. The molecule has 22 heavy (non-hydrogen) atoms. The summed E-state index contributed by atoms with van der Waals surface area (Å²) < 4.78 is 0. The van der Waals surface area contributed by atoms with Crippen LogP contribution in [0.5, 0.6) is 0 Å². The van der Waals surface area contributed by atoms with Crippen LogP contribution in [0.3, 0.4) is 0 Å². The van der Waals surface area contributed by atoms with Crippen molar-refractivity contribution >= 4 is 0 Å². The van der Waals surface area contributed by atoms with Crippen LogP contribution in [0.15, 0.2) is 34.4 Å². The first kappa shape index (κ1) is 17.5. The van der Waals surface area contributed by atoms with Gasteiger partial charge in [0.2, 0.25) is 0 Å². The van der Waals surface area contributed by atoms with Crippen LogP contribution in [0.2, 0.25) is 0 Å². The molecule has 0 heterocycles. The standard InChI is InChI=1S/C20H32O2/c1-14-5-10-19-15(2)6-8-17(20(19,3)4)9-7-16(13-21)12-18(22)11-14/h7,11,17-18,21-22H,5-6,8-10,12-13H2,1-4H3. The summed E-state index contributed by atoms with van der Waals surface area (Å²) in [5, 5.41) is 19.7. The van der Waals surface area contributed by atoms with E-state index in [0.717, 1.165) is 24.8 Å². The number of allylic oxidation sites excluding steroid dienone is 4. The van der Waals surface area contributed by atoms with Crippen LogP contribution in [-0.4, -0.2) is 22.9 Å². The molecule has 2 heteroatoms. The third kappa shape index (κ3) is 3.91. The topological polar surface area (TPSA) is 40.5 Å². The van der Waals surface area contributed by atoms with E-state index in [1.807, 2.05) is 6.08 Å². The molecule has 2 rings (SSSR count). The molecule has 124 valence electrons. The minimum atomic E-state index is -0.472. The fraction of sp³-hybridized carbons (Fsp3) is 0.700. The lowest BCUT2D eigenvalue weighted by atomic mass is 9.63. The first-order valence-electron chi connectivity index (χ1n) is 8.67. The van der Waals surface area contributed by atoms with E-state index in [4.69, 9.17) is 0 Å². The van der Waals surface area contributed by atoms with E-state index in [0.29, 0.717) is 12.3 Å². The molecule has 0 aromatic heterocycles. The largest absolute Gasteiger partial charge is 0.392 e. The summed E-state index contributed by atoms with van der Waals surface area (Å²) >= 11 is 0. The molecule has 0 aliphatic heterocycles. The Labute approximate surface area is 135 Å². The highest BCUT2D eigenvalue weighted by Gasteiger charge is 2.36. The first-order valence-corrected chi connectivity index (χ1v) is 8.67. The van der Waals surface area contributed by atoms with Crippen molar-refractivity contribution in [1.82, 2.24) is 0 Å². The van der Waals surface area contributed by atoms with Gasteiger partial charge in [-0.15, -0.1) is 0 Å². The molecule has 0 saturated heterocycles. The fourth-order valence-electron chi connectivity index (χ4n) is 4.23. The van der Waals surface area contributed by atoms with Crippen LogP contribution in [0.25, 0.3) is 0 Å². The Kier molecular flexibility index (Phi) is 5.68. The summed E-state index contributed by atoms with van der Waals surface area (Å²) in [6, 6.07) is 0. The summed E-state index contributed by atoms with van der Waals surface area (Å²) in [6.45, 7) is 9.24. The Hall–Kier alpha value is -0.860. The number of aliphatic hydroxyl groups excluding tert-OH is 2. The van der Waals surface area contributed by atoms with Crippen LogP contribution < -0.4 is 0 Å². The van der Waals surface area contributed by atoms with Crippen molar-refractivity contribution in [2.24, 2.45) is 11.3 Å². The van der Waals surface area contributed by atoms with E-state index in [9.17, 15) is 10.2 Å². The third-order valence-corrected chi connectivity index (χ3v) is 5.79. The molecular weight excluding hydrogens is 272 g/mol. The fourth-order valence-corrected chi connectivity index (χ4v) is 4.23. The summed E-state index contributed by atoms with van der Waals surface area (Å²) in [5.41, 5.74) is 5.64. The van der Waals surface area contributed by atoms with Crippen LogP contribution in [0.4, 0.5) is 0 Å². The zero-order valence-corrected chi connectivity index (χ0v) is 14.7. The quantitative estimate of drug-likeness (QED) is 0.698. The Balaban J connectivity index is 2.36. The highest BCUT2D eigenvalue weighted by Crippen LogP contribution is 2.48. The normalized spacial score (nSPS) is 30.1. The van der Waals surface area contributed by atoms with Crippen LogP contribution in [0, 0.1) is 11.3 Å². The van der Waals surface area contributed by atoms with Gasteiger partial charge in [0.05, 0.1) is 12.7 Å². The SMILES string of the molecule is CC1=CC(O)CC(CO)=CCC2CCC(C)=C(CC1)C2(C)C. The maximum absolute atomic E-state index is 10.2. The Bertz CT molecular complexity index is 494. The molecular formula is C20H32O2. The van der Waals surface area contributed by atoms with Gasteiger partial charge in [-0.3, -0.25) is 0 Å². The van der Waals surface area contributed by atoms with Gasteiger partial charge < -0.3 is 10.2 Å². The monoisotopic (exact) mass is 304 g/mol. The average molecular weight is 304 g/mol. The van der Waals surface area contributed by atoms with Gasteiger partial charge in [-0.05, 0) is 62.9 Å². The zero-order chi connectivity index (χ0) is 16.3. The van der Waals surface area contributed by atoms with Gasteiger partial charge in [-0.2, -0.15) is 0 Å². The van der Waals surface area contributed by atoms with Gasteiger partial charge in [0.25, 0.3) is 0 Å². The van der Waals surface area contributed by atoms with E-state index in [-0.39, 0.29) is 12.0 Å². The Morgan fingerprint density at radius 2 is 1.91 bits per heavy atom. The number of rotatable bonds is 1. The second-order valence-electron chi connectivity index (χ2n) is 7.76. The predicted octanol–water partition coefficient (Wildman–Crippen LogP) is 4.54. The van der Waals surface area contributed by atoms with Gasteiger partial charge >= 0.3 is 0 Å². The molecule has 0 aromatic carbocycles. The maximum Gasteiger partial charge on any atom is 0.0761 e. The van der Waals surface area contributed by atoms with Crippen molar-refractivity contribution in [3.8, 4) is 0 Å². The molecule has 0 spiro atoms. The lowest BCUT2D eigenvalue weighted by Crippen LogP contribution is -2.31. The third-order valence-electron chi connectivity index (χ3n) is 5.79. The summed E-state index contributed by atoms with van der Waals surface area (Å²) in [4.78, 5) is 0. The number of hydrogen-bond donors (Lipinski definition) is 2. The van der Waals surface area contributed by atoms with Gasteiger partial charge in [0, 0.05) is 6.42 Å². The van der Waals surface area contributed by atoms with E-state index in [1.165, 1.54) is 18.4 Å². The molecule has 0 amide bonds. The highest BCUT2D eigenvalue weighted by atomic mass is 16.3. The van der Waals surface area contributed by atoms with Gasteiger partial charge in [-0.1, -0.05) is 42.7 Å².